The molecule has 16 heavy (non-hydrogen) atoms. The van der Waals surface area contributed by atoms with Crippen LogP contribution in [0.5, 0.6) is 5.88 Å². The summed E-state index contributed by atoms with van der Waals surface area (Å²) in [6.45, 7) is 2.14. The van der Waals surface area contributed by atoms with Gasteiger partial charge in [-0.05, 0) is 31.4 Å². The number of aryl methyl sites for hydroxylation is 1. The molecule has 1 fully saturated rings. The molecule has 5 nitrogen and oxygen atoms in total. The van der Waals surface area contributed by atoms with E-state index < -0.39 is 10.0 Å². The molecule has 2 heterocycles. The first-order chi connectivity index (χ1) is 7.51. The molecule has 0 saturated heterocycles. The van der Waals surface area contributed by atoms with Crippen molar-refractivity contribution in [3.05, 3.63) is 17.8 Å². The number of sulfonamides is 1. The third kappa shape index (κ3) is 1.49. The Hall–Kier alpha value is -1.14. The Morgan fingerprint density at radius 3 is 2.94 bits per heavy atom. The number of rotatable bonds is 0. The van der Waals surface area contributed by atoms with Gasteiger partial charge in [-0.3, -0.25) is 0 Å². The second kappa shape index (κ2) is 2.95. The molecule has 0 atom stereocenters. The number of nitrogens with zero attached hydrogens (tertiary/aromatic N) is 1. The maximum Gasteiger partial charge on any atom is 0.246 e. The van der Waals surface area contributed by atoms with Gasteiger partial charge in [-0.25, -0.2) is 18.1 Å². The molecule has 6 heteroatoms. The van der Waals surface area contributed by atoms with Crippen molar-refractivity contribution in [1.29, 1.82) is 0 Å². The average Bonchev–Trinajstić information content (AvgIpc) is 2.99. The fourth-order valence-corrected chi connectivity index (χ4v) is 3.04. The van der Waals surface area contributed by atoms with E-state index in [9.17, 15) is 8.42 Å². The normalized spacial score (nSPS) is 24.3. The molecule has 86 valence electrons. The van der Waals surface area contributed by atoms with Gasteiger partial charge < -0.3 is 4.74 Å². The van der Waals surface area contributed by atoms with Gasteiger partial charge in [-0.15, -0.1) is 0 Å². The molecule has 1 N–H and O–H groups in total. The molecule has 3 rings (SSSR count). The Bertz CT molecular complexity index is 549. The Morgan fingerprint density at radius 2 is 2.25 bits per heavy atom. The standard InChI is InChI=1S/C10H12N2O3S/c1-7-4-8-9(11-5-7)15-10(2-3-10)6-12-16(8,13)14/h4-5,12H,2-3,6H2,1H3. The van der Waals surface area contributed by atoms with Crippen molar-refractivity contribution in [1.82, 2.24) is 9.71 Å². The smallest absolute Gasteiger partial charge is 0.246 e. The van der Waals surface area contributed by atoms with Crippen molar-refractivity contribution in [3.8, 4) is 5.88 Å². The van der Waals surface area contributed by atoms with E-state index in [1.54, 1.807) is 19.2 Å². The second-order valence-electron chi connectivity index (χ2n) is 4.43. The van der Waals surface area contributed by atoms with Crippen LogP contribution in [0.15, 0.2) is 17.2 Å². The first-order valence-electron chi connectivity index (χ1n) is 5.16. The van der Waals surface area contributed by atoms with E-state index in [1.807, 2.05) is 0 Å². The van der Waals surface area contributed by atoms with E-state index in [0.29, 0.717) is 6.54 Å². The predicted molar refractivity (Wildman–Crippen MR) is 56.8 cm³/mol. The van der Waals surface area contributed by atoms with Gasteiger partial charge in [0.1, 0.15) is 10.5 Å². The Labute approximate surface area is 93.9 Å². The molecule has 2 aliphatic rings. The molecular weight excluding hydrogens is 228 g/mol. The number of pyridine rings is 1. The minimum atomic E-state index is -3.47. The molecule has 1 spiro atoms. The lowest BCUT2D eigenvalue weighted by Gasteiger charge is -2.13. The van der Waals surface area contributed by atoms with Crippen LogP contribution in [0, 0.1) is 6.92 Å². The number of hydrogen-bond acceptors (Lipinski definition) is 4. The van der Waals surface area contributed by atoms with Crippen LogP contribution in [-0.4, -0.2) is 25.5 Å². The maximum atomic E-state index is 11.9. The van der Waals surface area contributed by atoms with Crippen LogP contribution in [0.2, 0.25) is 0 Å². The highest BCUT2D eigenvalue weighted by molar-refractivity contribution is 7.89. The highest BCUT2D eigenvalue weighted by Crippen LogP contribution is 2.42. The van der Waals surface area contributed by atoms with Crippen molar-refractivity contribution >= 4 is 10.0 Å². The molecule has 1 aliphatic carbocycles. The van der Waals surface area contributed by atoms with Crippen molar-refractivity contribution < 1.29 is 13.2 Å². The van der Waals surface area contributed by atoms with Gasteiger partial charge in [0.25, 0.3) is 0 Å². The van der Waals surface area contributed by atoms with E-state index in [2.05, 4.69) is 9.71 Å². The van der Waals surface area contributed by atoms with Crippen LogP contribution >= 0.6 is 0 Å². The largest absolute Gasteiger partial charge is 0.469 e. The minimum Gasteiger partial charge on any atom is -0.469 e. The topological polar surface area (TPSA) is 68.3 Å². The minimum absolute atomic E-state index is 0.149. The fraction of sp³-hybridized carbons (Fsp3) is 0.500. The van der Waals surface area contributed by atoms with E-state index in [0.717, 1.165) is 18.4 Å². The summed E-state index contributed by atoms with van der Waals surface area (Å²) in [7, 11) is -3.47. The molecule has 0 unspecified atom stereocenters. The second-order valence-corrected chi connectivity index (χ2v) is 6.16. The summed E-state index contributed by atoms with van der Waals surface area (Å²) >= 11 is 0. The van der Waals surface area contributed by atoms with Crippen molar-refractivity contribution in [2.75, 3.05) is 6.54 Å². The molecular formula is C10H12N2O3S. The van der Waals surface area contributed by atoms with Gasteiger partial charge in [0.15, 0.2) is 0 Å². The van der Waals surface area contributed by atoms with Crippen molar-refractivity contribution in [2.45, 2.75) is 30.3 Å². The van der Waals surface area contributed by atoms with Crippen LogP contribution in [-0.2, 0) is 10.0 Å². The molecule has 1 aromatic rings. The predicted octanol–water partition coefficient (Wildman–Crippen LogP) is 0.593. The summed E-state index contributed by atoms with van der Waals surface area (Å²) in [5, 5.41) is 0. The van der Waals surface area contributed by atoms with Gasteiger partial charge in [0.05, 0.1) is 6.54 Å². The number of hydrogen-bond donors (Lipinski definition) is 1. The third-order valence-corrected chi connectivity index (χ3v) is 4.35. The number of nitrogens with one attached hydrogen (secondary N) is 1. The zero-order valence-corrected chi connectivity index (χ0v) is 9.67. The van der Waals surface area contributed by atoms with Gasteiger partial charge in [0.2, 0.25) is 15.9 Å². The molecule has 0 amide bonds. The van der Waals surface area contributed by atoms with E-state index in [4.69, 9.17) is 4.74 Å². The molecule has 1 saturated carbocycles. The summed E-state index contributed by atoms with van der Waals surface area (Å²) in [5.41, 5.74) is 0.458. The van der Waals surface area contributed by atoms with Crippen LogP contribution in [0.3, 0.4) is 0 Å². The lowest BCUT2D eigenvalue weighted by molar-refractivity contribution is 0.174. The quantitative estimate of drug-likeness (QED) is 0.720. The van der Waals surface area contributed by atoms with Crippen LogP contribution < -0.4 is 9.46 Å². The Balaban J connectivity index is 2.18. The summed E-state index contributed by atoms with van der Waals surface area (Å²) < 4.78 is 32.1. The van der Waals surface area contributed by atoms with Crippen LogP contribution in [0.25, 0.3) is 0 Å². The average molecular weight is 240 g/mol. The molecule has 0 bridgehead atoms. The Morgan fingerprint density at radius 1 is 1.50 bits per heavy atom. The maximum absolute atomic E-state index is 11.9. The molecule has 1 aliphatic heterocycles. The highest BCUT2D eigenvalue weighted by Gasteiger charge is 2.49. The van der Waals surface area contributed by atoms with E-state index in [1.165, 1.54) is 0 Å². The van der Waals surface area contributed by atoms with Gasteiger partial charge in [-0.1, -0.05) is 0 Å². The fourth-order valence-electron chi connectivity index (χ4n) is 1.76. The van der Waals surface area contributed by atoms with Crippen LogP contribution in [0.4, 0.5) is 0 Å². The summed E-state index contributed by atoms with van der Waals surface area (Å²) in [6.07, 6.45) is 3.38. The zero-order chi connectivity index (χ0) is 11.4. The van der Waals surface area contributed by atoms with Gasteiger partial charge >= 0.3 is 0 Å². The lowest BCUT2D eigenvalue weighted by Crippen LogP contribution is -2.33. The van der Waals surface area contributed by atoms with E-state index >= 15 is 0 Å². The monoisotopic (exact) mass is 240 g/mol. The summed E-state index contributed by atoms with van der Waals surface area (Å²) in [4.78, 5) is 4.22. The zero-order valence-electron chi connectivity index (χ0n) is 8.86. The summed E-state index contributed by atoms with van der Waals surface area (Å²) in [5.74, 6) is 0.230. The van der Waals surface area contributed by atoms with Crippen molar-refractivity contribution in [3.63, 3.8) is 0 Å². The third-order valence-electron chi connectivity index (χ3n) is 2.95. The lowest BCUT2D eigenvalue weighted by atomic mass is 10.3. The Kier molecular flexibility index (Phi) is 1.85. The highest BCUT2D eigenvalue weighted by atomic mass is 32.2. The van der Waals surface area contributed by atoms with Gasteiger partial charge in [0, 0.05) is 6.20 Å². The van der Waals surface area contributed by atoms with E-state index in [-0.39, 0.29) is 16.4 Å². The first kappa shape index (κ1) is 10.0. The summed E-state index contributed by atoms with van der Waals surface area (Å²) in [6, 6.07) is 1.59. The number of aromatic nitrogens is 1. The number of fused-ring (bicyclic) bond motifs is 1. The molecule has 0 aromatic carbocycles. The SMILES string of the molecule is Cc1cnc2c(c1)S(=O)(=O)NCC1(CC1)O2. The molecule has 1 aromatic heterocycles. The van der Waals surface area contributed by atoms with Gasteiger partial charge in [-0.2, -0.15) is 0 Å². The van der Waals surface area contributed by atoms with Crippen molar-refractivity contribution in [2.24, 2.45) is 0 Å². The molecule has 0 radical (unpaired) electrons. The number of ether oxygens (including phenoxy) is 1. The first-order valence-corrected chi connectivity index (χ1v) is 6.65. The van der Waals surface area contributed by atoms with Crippen LogP contribution in [0.1, 0.15) is 18.4 Å².